The second kappa shape index (κ2) is 26.3. The summed E-state index contributed by atoms with van der Waals surface area (Å²) in [6.45, 7) is 17.7. The molecule has 0 saturated carbocycles. The van der Waals surface area contributed by atoms with Gasteiger partial charge in [0.05, 0.1) is 54.0 Å². The molecule has 0 aliphatic carbocycles. The largest absolute Gasteiger partial charge is 0.492 e. The Kier molecular flexibility index (Phi) is 21.7. The summed E-state index contributed by atoms with van der Waals surface area (Å²) in [6, 6.07) is 4.43. The first-order chi connectivity index (χ1) is 36.0. The van der Waals surface area contributed by atoms with Crippen LogP contribution >= 0.6 is 0 Å². The highest BCUT2D eigenvalue weighted by Crippen LogP contribution is 2.42. The third-order valence-electron chi connectivity index (χ3n) is 16.2. The number of carbonyl (C=O) groups excluding carboxylic acids is 3. The zero-order chi connectivity index (χ0) is 57.6. The minimum Gasteiger partial charge on any atom is -0.492 e. The summed E-state index contributed by atoms with van der Waals surface area (Å²) in [6.07, 6.45) is -8.47. The van der Waals surface area contributed by atoms with Gasteiger partial charge in [-0.25, -0.2) is 4.79 Å². The molecular formula is C55H88N4O18. The maximum atomic E-state index is 14.6. The quantitative estimate of drug-likeness (QED) is 0.106. The van der Waals surface area contributed by atoms with Crippen LogP contribution < -0.4 is 20.5 Å². The number of nitrogens with one attached hydrogen (secondary N) is 1. The molecule has 5 rings (SSSR count). The van der Waals surface area contributed by atoms with Crippen molar-refractivity contribution in [1.82, 2.24) is 14.9 Å². The Morgan fingerprint density at radius 1 is 0.883 bits per heavy atom. The second-order valence-electron chi connectivity index (χ2n) is 22.5. The van der Waals surface area contributed by atoms with Crippen molar-refractivity contribution < 1.29 is 82.2 Å². The van der Waals surface area contributed by atoms with Gasteiger partial charge in [0.1, 0.15) is 47.1 Å². The number of cyclic esters (lactones) is 1. The zero-order valence-electron chi connectivity index (χ0n) is 48.0. The van der Waals surface area contributed by atoms with Crippen LogP contribution in [0, 0.1) is 23.7 Å². The van der Waals surface area contributed by atoms with E-state index in [1.165, 1.54) is 40.3 Å². The Balaban J connectivity index is 1.35. The molecule has 2 aromatic rings. The monoisotopic (exact) mass is 1090 g/mol. The van der Waals surface area contributed by atoms with E-state index in [0.717, 1.165) is 0 Å². The fourth-order valence-electron chi connectivity index (χ4n) is 11.4. The second-order valence-corrected chi connectivity index (χ2v) is 22.5. The smallest absolute Gasteiger partial charge is 0.341 e. The van der Waals surface area contributed by atoms with E-state index in [2.05, 4.69) is 5.32 Å². The van der Waals surface area contributed by atoms with Crippen molar-refractivity contribution in [1.29, 1.82) is 0 Å². The summed E-state index contributed by atoms with van der Waals surface area (Å²) in [5.41, 5.74) is -5.03. The molecule has 1 unspecified atom stereocenters. The van der Waals surface area contributed by atoms with Gasteiger partial charge in [-0.05, 0) is 87.0 Å². The number of ether oxygens (including phenoxy) is 9. The zero-order valence-corrected chi connectivity index (χ0v) is 48.0. The number of carboxylic acid groups (broad SMARTS) is 1. The maximum absolute atomic E-state index is 14.6. The SMILES string of the molecule is CC[C@H]1OC(=O)[C@H](C)[C@@H](O[C@H]2C[C@@](C)(OC)[C@@H](OC(=O)CCNCCOc3ccc4c(=O)c(C(=O)O)cn(N(C)C)c4c3)[C@H](C)O2)[C@H](C)[C@@H](O[C@@H]2O[C@H](C)C[C@H](N(C)C)[C@H]2O)[C@](C)(OC)C[C@@H](C)C(=O)C(C)[C@@H](O)[C@]1(C)O. The first-order valence-corrected chi connectivity index (χ1v) is 26.8. The van der Waals surface area contributed by atoms with E-state index in [4.69, 9.17) is 42.6 Å². The Morgan fingerprint density at radius 2 is 1.53 bits per heavy atom. The number of likely N-dealkylation sites (N-methyl/N-ethyl adjacent to an activating group) is 1. The average Bonchev–Trinajstić information content (AvgIpc) is 3.37. The maximum Gasteiger partial charge on any atom is 0.341 e. The lowest BCUT2D eigenvalue weighted by molar-refractivity contribution is -0.320. The number of rotatable bonds is 18. The number of aliphatic hydroxyl groups excluding tert-OH is 2. The Labute approximate surface area is 452 Å². The normalized spacial score (nSPS) is 36.8. The van der Waals surface area contributed by atoms with E-state index in [1.807, 2.05) is 32.8 Å². The number of nitrogens with zero attached hydrogens (tertiary/aromatic N) is 3. The Hall–Kier alpha value is -4.33. The molecule has 77 heavy (non-hydrogen) atoms. The lowest BCUT2D eigenvalue weighted by atomic mass is 9.74. The summed E-state index contributed by atoms with van der Waals surface area (Å²) in [4.78, 5) is 68.7. The van der Waals surface area contributed by atoms with Gasteiger partial charge in [-0.2, -0.15) is 0 Å². The van der Waals surface area contributed by atoms with Crippen LogP contribution in [0.15, 0.2) is 29.2 Å². The van der Waals surface area contributed by atoms with Gasteiger partial charge in [-0.15, -0.1) is 0 Å². The predicted molar refractivity (Wildman–Crippen MR) is 283 cm³/mol. The lowest BCUT2D eigenvalue weighted by Crippen LogP contribution is -2.61. The predicted octanol–water partition coefficient (Wildman–Crippen LogP) is 3.26. The van der Waals surface area contributed by atoms with Crippen LogP contribution in [0.3, 0.4) is 0 Å². The summed E-state index contributed by atoms with van der Waals surface area (Å²) in [5, 5.41) is 49.8. The van der Waals surface area contributed by atoms with E-state index in [9.17, 15) is 44.4 Å². The lowest BCUT2D eigenvalue weighted by Gasteiger charge is -2.50. The van der Waals surface area contributed by atoms with Gasteiger partial charge in [0.25, 0.3) is 0 Å². The number of aromatic carboxylic acids is 1. The van der Waals surface area contributed by atoms with E-state index in [1.54, 1.807) is 77.5 Å². The van der Waals surface area contributed by atoms with Crippen LogP contribution in [0.2, 0.25) is 0 Å². The first-order valence-electron chi connectivity index (χ1n) is 26.8. The van der Waals surface area contributed by atoms with Crippen molar-refractivity contribution >= 4 is 34.6 Å². The third-order valence-corrected chi connectivity index (χ3v) is 16.2. The summed E-state index contributed by atoms with van der Waals surface area (Å²) in [7, 11) is 10.1. The molecule has 3 aliphatic rings. The molecule has 18 atom stereocenters. The fraction of sp³-hybridized carbons (Fsp3) is 0.764. The van der Waals surface area contributed by atoms with Crippen molar-refractivity contribution in [3.8, 4) is 5.75 Å². The van der Waals surface area contributed by atoms with Crippen molar-refractivity contribution in [2.24, 2.45) is 23.7 Å². The number of aliphatic hydroxyl groups is 3. The molecule has 1 aromatic heterocycles. The molecule has 5 N–H and O–H groups in total. The van der Waals surface area contributed by atoms with Gasteiger partial charge in [-0.1, -0.05) is 27.7 Å². The summed E-state index contributed by atoms with van der Waals surface area (Å²) in [5.74, 6) is -6.27. The number of carboxylic acids is 1. The standard InChI is InChI=1S/C55H88N4O18/c1-17-40-55(10,68)47(64)31(4)43(61)29(2)26-53(8,69-15)48(77-52-45(63)39(57(11)12)24-30(3)72-52)32(5)46(33(6)51(67)74-40)76-42-27-54(9,70-16)49(34(7)73-42)75-41(60)20-21-56-22-23-71-35-18-19-36-38(25-35)59(58(13)14)28-37(44(36)62)50(65)66/h18-19,25,28-34,39-40,42,45-49,52,56,63-64,68H,17,20-24,26-27H2,1-16H3,(H,65,66)/t29-,30-,31?,32+,33-,34+,39+,40-,42+,45-,46+,47-,48-,49+,52+,53-,54-,55-/m1/s1. The molecule has 0 bridgehead atoms. The summed E-state index contributed by atoms with van der Waals surface area (Å²) < 4.78 is 58.7. The number of fused-ring (bicyclic) bond motifs is 1. The van der Waals surface area contributed by atoms with Crippen molar-refractivity contribution in [2.75, 3.05) is 67.1 Å². The number of esters is 2. The highest BCUT2D eigenvalue weighted by Gasteiger charge is 2.55. The van der Waals surface area contributed by atoms with Crippen LogP contribution in [0.1, 0.15) is 112 Å². The minimum atomic E-state index is -2.03. The molecular weight excluding hydrogens is 1000 g/mol. The van der Waals surface area contributed by atoms with Gasteiger partial charge < -0.3 is 78.3 Å². The molecule has 3 saturated heterocycles. The molecule has 1 aromatic carbocycles. The molecule has 3 aliphatic heterocycles. The number of Topliss-reactive ketones (excluding diaryl/α,β-unsaturated/α-hetero) is 1. The minimum absolute atomic E-state index is 0.0158. The number of hydrogen-bond donors (Lipinski definition) is 5. The third kappa shape index (κ3) is 14.4. The number of pyridine rings is 1. The molecule has 436 valence electrons. The number of benzene rings is 1. The number of methoxy groups -OCH3 is 2. The topological polar surface area (TPSA) is 273 Å². The van der Waals surface area contributed by atoms with Crippen LogP contribution in [0.25, 0.3) is 10.9 Å². The number of carbonyl (C=O) groups is 4. The molecule has 22 nitrogen and oxygen atoms in total. The Morgan fingerprint density at radius 3 is 2.13 bits per heavy atom. The van der Waals surface area contributed by atoms with E-state index in [-0.39, 0.29) is 67.7 Å². The molecule has 3 fully saturated rings. The fourth-order valence-corrected chi connectivity index (χ4v) is 11.4. The van der Waals surface area contributed by atoms with Crippen molar-refractivity contribution in [2.45, 2.75) is 186 Å². The number of ketones is 1. The van der Waals surface area contributed by atoms with E-state index < -0.39 is 119 Å². The average molecular weight is 1090 g/mol. The van der Waals surface area contributed by atoms with Gasteiger partial charge in [0, 0.05) is 89.3 Å². The molecule has 22 heteroatoms. The van der Waals surface area contributed by atoms with Crippen LogP contribution in [0.4, 0.5) is 0 Å². The van der Waals surface area contributed by atoms with Crippen molar-refractivity contribution in [3.63, 3.8) is 0 Å². The highest BCUT2D eigenvalue weighted by molar-refractivity contribution is 5.93. The van der Waals surface area contributed by atoms with E-state index in [0.29, 0.717) is 24.2 Å². The van der Waals surface area contributed by atoms with Crippen molar-refractivity contribution in [3.05, 3.63) is 40.2 Å². The van der Waals surface area contributed by atoms with Crippen LogP contribution in [-0.2, 0) is 52.3 Å². The van der Waals surface area contributed by atoms with Crippen LogP contribution in [0.5, 0.6) is 5.75 Å². The van der Waals surface area contributed by atoms with Gasteiger partial charge >= 0.3 is 17.9 Å². The molecule has 0 radical (unpaired) electrons. The highest BCUT2D eigenvalue weighted by atomic mass is 16.7. The Bertz CT molecular complexity index is 2400. The van der Waals surface area contributed by atoms with Crippen LogP contribution in [-0.4, -0.2) is 200 Å². The first kappa shape index (κ1) is 63.5. The van der Waals surface area contributed by atoms with Gasteiger partial charge in [-0.3, -0.25) is 23.9 Å². The van der Waals surface area contributed by atoms with E-state index >= 15 is 0 Å². The number of aromatic nitrogens is 1. The molecule has 0 spiro atoms. The molecule has 0 amide bonds. The van der Waals surface area contributed by atoms with Gasteiger partial charge in [0.15, 0.2) is 18.7 Å². The van der Waals surface area contributed by atoms with Gasteiger partial charge in [0.2, 0.25) is 5.43 Å². The summed E-state index contributed by atoms with van der Waals surface area (Å²) >= 11 is 0. The molecule has 4 heterocycles. The number of hydrogen-bond acceptors (Lipinski definition) is 20.